The first-order chi connectivity index (χ1) is 29.5. The summed E-state index contributed by atoms with van der Waals surface area (Å²) in [5.74, 6) is -0.0662. The number of carbonyl (C=O) groups excluding carboxylic acids is 2. The van der Waals surface area contributed by atoms with E-state index in [-0.39, 0.29) is 18.5 Å². The van der Waals surface area contributed by atoms with E-state index in [1.165, 1.54) is 167 Å². The molecule has 0 aromatic heterocycles. The number of aliphatic hydroxyl groups is 2. The van der Waals surface area contributed by atoms with E-state index in [4.69, 9.17) is 4.74 Å². The fourth-order valence-corrected chi connectivity index (χ4v) is 7.84. The van der Waals surface area contributed by atoms with Gasteiger partial charge in [-0.1, -0.05) is 211 Å². The Morgan fingerprint density at radius 3 is 1.32 bits per heavy atom. The monoisotopic (exact) mass is 844 g/mol. The summed E-state index contributed by atoms with van der Waals surface area (Å²) < 4.78 is 5.47. The number of rotatable bonds is 48. The van der Waals surface area contributed by atoms with Crippen LogP contribution in [0.1, 0.15) is 271 Å². The second kappa shape index (κ2) is 49.7. The first-order valence-electron chi connectivity index (χ1n) is 26.2. The minimum Gasteiger partial charge on any atom is -0.466 e. The Morgan fingerprint density at radius 2 is 0.833 bits per heavy atom. The Labute approximate surface area is 373 Å². The maximum Gasteiger partial charge on any atom is 0.305 e. The molecule has 352 valence electrons. The zero-order chi connectivity index (χ0) is 43.7. The zero-order valence-corrected chi connectivity index (χ0v) is 39.9. The van der Waals surface area contributed by atoms with E-state index >= 15 is 0 Å². The van der Waals surface area contributed by atoms with Crippen molar-refractivity contribution >= 4 is 11.9 Å². The Bertz CT molecular complexity index is 977. The number of esters is 1. The molecular formula is C54H101NO5. The highest BCUT2D eigenvalue weighted by Crippen LogP contribution is 2.15. The van der Waals surface area contributed by atoms with E-state index in [2.05, 4.69) is 55.6 Å². The first-order valence-corrected chi connectivity index (χ1v) is 26.2. The lowest BCUT2D eigenvalue weighted by atomic mass is 10.0. The third-order valence-corrected chi connectivity index (χ3v) is 11.9. The van der Waals surface area contributed by atoms with Gasteiger partial charge in [-0.15, -0.1) is 0 Å². The highest BCUT2D eigenvalue weighted by atomic mass is 16.5. The van der Waals surface area contributed by atoms with Crippen molar-refractivity contribution in [2.45, 2.75) is 283 Å². The van der Waals surface area contributed by atoms with Gasteiger partial charge in [-0.05, 0) is 83.5 Å². The van der Waals surface area contributed by atoms with E-state index in [0.717, 1.165) is 70.6 Å². The van der Waals surface area contributed by atoms with Crippen LogP contribution in [0.25, 0.3) is 0 Å². The number of hydrogen-bond acceptors (Lipinski definition) is 5. The molecule has 0 spiro atoms. The standard InChI is InChI=1S/C54H101NO5/c1-3-5-7-9-11-13-15-16-17-18-22-25-28-32-36-40-44-48-54(59)60-49-45-41-37-33-29-26-23-20-19-21-24-27-31-35-39-43-47-53(58)55-51(50-56)52(57)46-42-38-34-30-14-12-10-8-6-4-2/h11,13,16-17,19,21,51-52,56-57H,3-10,12,14-15,18,20,22-50H2,1-2H3,(H,55,58)/b13-11-,17-16-,21-19-. The number of nitrogens with one attached hydrogen (secondary N) is 1. The summed E-state index contributed by atoms with van der Waals surface area (Å²) in [6.45, 7) is 4.88. The van der Waals surface area contributed by atoms with Crippen molar-refractivity contribution in [3.05, 3.63) is 36.5 Å². The van der Waals surface area contributed by atoms with Crippen LogP contribution in [0.3, 0.4) is 0 Å². The molecule has 60 heavy (non-hydrogen) atoms. The average Bonchev–Trinajstić information content (AvgIpc) is 3.25. The van der Waals surface area contributed by atoms with E-state index in [0.29, 0.717) is 25.9 Å². The molecule has 0 heterocycles. The zero-order valence-electron chi connectivity index (χ0n) is 39.9. The molecule has 0 saturated carbocycles. The van der Waals surface area contributed by atoms with Crippen molar-refractivity contribution < 1.29 is 24.5 Å². The topological polar surface area (TPSA) is 95.9 Å². The summed E-state index contributed by atoms with van der Waals surface area (Å²) in [6.07, 6.45) is 59.7. The molecule has 1 amide bonds. The summed E-state index contributed by atoms with van der Waals surface area (Å²) in [5.41, 5.74) is 0. The van der Waals surface area contributed by atoms with Gasteiger partial charge in [0, 0.05) is 12.8 Å². The van der Waals surface area contributed by atoms with Gasteiger partial charge in [-0.2, -0.15) is 0 Å². The Balaban J connectivity index is 3.45. The van der Waals surface area contributed by atoms with Crippen molar-refractivity contribution in [2.75, 3.05) is 13.2 Å². The molecule has 2 atom stereocenters. The highest BCUT2D eigenvalue weighted by molar-refractivity contribution is 5.76. The molecule has 6 nitrogen and oxygen atoms in total. The number of ether oxygens (including phenoxy) is 1. The highest BCUT2D eigenvalue weighted by Gasteiger charge is 2.20. The summed E-state index contributed by atoms with van der Waals surface area (Å²) in [4.78, 5) is 24.4. The smallest absolute Gasteiger partial charge is 0.305 e. The summed E-state index contributed by atoms with van der Waals surface area (Å²) in [6, 6.07) is -0.552. The fraction of sp³-hybridized carbons (Fsp3) is 0.852. The van der Waals surface area contributed by atoms with Gasteiger partial charge in [0.1, 0.15) is 0 Å². The normalized spacial score (nSPS) is 12.9. The van der Waals surface area contributed by atoms with Crippen LogP contribution >= 0.6 is 0 Å². The second-order valence-electron chi connectivity index (χ2n) is 17.8. The summed E-state index contributed by atoms with van der Waals surface area (Å²) in [7, 11) is 0. The molecular weight excluding hydrogens is 743 g/mol. The van der Waals surface area contributed by atoms with Crippen LogP contribution in [0, 0.1) is 0 Å². The number of amides is 1. The third-order valence-electron chi connectivity index (χ3n) is 11.9. The largest absolute Gasteiger partial charge is 0.466 e. The lowest BCUT2D eigenvalue weighted by Crippen LogP contribution is -2.45. The SMILES string of the molecule is CCCCC/C=C\C/C=C\CCCCCCCCCC(=O)OCCCCCCCCC/C=C\CCCCCCCC(=O)NC(CO)C(O)CCCCCCCCCCCC. The quantitative estimate of drug-likeness (QED) is 0.0322. The second-order valence-corrected chi connectivity index (χ2v) is 17.8. The molecule has 0 aliphatic carbocycles. The van der Waals surface area contributed by atoms with Crippen LogP contribution in [0.4, 0.5) is 0 Å². The summed E-state index contributed by atoms with van der Waals surface area (Å²) in [5, 5.41) is 23.1. The van der Waals surface area contributed by atoms with Crippen molar-refractivity contribution in [2.24, 2.45) is 0 Å². The number of hydrogen-bond donors (Lipinski definition) is 3. The number of carbonyl (C=O) groups is 2. The number of aliphatic hydroxyl groups excluding tert-OH is 2. The van der Waals surface area contributed by atoms with Gasteiger partial charge in [-0.3, -0.25) is 9.59 Å². The minimum atomic E-state index is -0.673. The van der Waals surface area contributed by atoms with Gasteiger partial charge < -0.3 is 20.3 Å². The maximum atomic E-state index is 12.4. The third kappa shape index (κ3) is 45.6. The van der Waals surface area contributed by atoms with Crippen LogP contribution in [0.2, 0.25) is 0 Å². The van der Waals surface area contributed by atoms with E-state index < -0.39 is 12.1 Å². The van der Waals surface area contributed by atoms with Crippen molar-refractivity contribution in [1.29, 1.82) is 0 Å². The number of unbranched alkanes of at least 4 members (excludes halogenated alkanes) is 31. The van der Waals surface area contributed by atoms with Crippen LogP contribution in [-0.4, -0.2) is 47.4 Å². The minimum absolute atomic E-state index is 0.0113. The van der Waals surface area contributed by atoms with Crippen LogP contribution in [-0.2, 0) is 14.3 Å². The molecule has 0 aliphatic rings. The molecule has 0 saturated heterocycles. The van der Waals surface area contributed by atoms with Crippen molar-refractivity contribution in [3.63, 3.8) is 0 Å². The van der Waals surface area contributed by atoms with Gasteiger partial charge in [0.25, 0.3) is 0 Å². The first kappa shape index (κ1) is 58.1. The van der Waals surface area contributed by atoms with Gasteiger partial charge in [-0.25, -0.2) is 0 Å². The van der Waals surface area contributed by atoms with Gasteiger partial charge >= 0.3 is 5.97 Å². The van der Waals surface area contributed by atoms with Crippen LogP contribution in [0.5, 0.6) is 0 Å². The van der Waals surface area contributed by atoms with Gasteiger partial charge in [0.15, 0.2) is 0 Å². The van der Waals surface area contributed by atoms with Crippen molar-refractivity contribution in [1.82, 2.24) is 5.32 Å². The molecule has 6 heteroatoms. The Morgan fingerprint density at radius 1 is 0.467 bits per heavy atom. The van der Waals surface area contributed by atoms with Gasteiger partial charge in [0.05, 0.1) is 25.4 Å². The molecule has 0 bridgehead atoms. The molecule has 0 aromatic carbocycles. The molecule has 0 fully saturated rings. The average molecular weight is 844 g/mol. The van der Waals surface area contributed by atoms with Gasteiger partial charge in [0.2, 0.25) is 5.91 Å². The van der Waals surface area contributed by atoms with E-state index in [1.807, 2.05) is 0 Å². The summed E-state index contributed by atoms with van der Waals surface area (Å²) >= 11 is 0. The predicted octanol–water partition coefficient (Wildman–Crippen LogP) is 15.7. The van der Waals surface area contributed by atoms with E-state index in [1.54, 1.807) is 0 Å². The molecule has 0 aromatic rings. The van der Waals surface area contributed by atoms with Crippen molar-refractivity contribution in [3.8, 4) is 0 Å². The lowest BCUT2D eigenvalue weighted by molar-refractivity contribution is -0.143. The van der Waals surface area contributed by atoms with Crippen LogP contribution in [0.15, 0.2) is 36.5 Å². The molecule has 0 radical (unpaired) electrons. The molecule has 2 unspecified atom stereocenters. The molecule has 3 N–H and O–H groups in total. The van der Waals surface area contributed by atoms with Crippen LogP contribution < -0.4 is 5.32 Å². The Kier molecular flexibility index (Phi) is 48.1. The maximum absolute atomic E-state index is 12.4. The lowest BCUT2D eigenvalue weighted by Gasteiger charge is -2.22. The molecule has 0 rings (SSSR count). The predicted molar refractivity (Wildman–Crippen MR) is 259 cm³/mol. The number of allylic oxidation sites excluding steroid dienone is 6. The van der Waals surface area contributed by atoms with E-state index in [9.17, 15) is 19.8 Å². The Hall–Kier alpha value is -1.92. The molecule has 0 aliphatic heterocycles. The fourth-order valence-electron chi connectivity index (χ4n) is 7.84.